The number of aromatic nitrogens is 1. The number of nitrogens with zero attached hydrogens (tertiary/aromatic N) is 1. The van der Waals surface area contributed by atoms with Crippen molar-refractivity contribution in [2.24, 2.45) is 0 Å². The van der Waals surface area contributed by atoms with Gasteiger partial charge in [-0.3, -0.25) is 4.98 Å². The van der Waals surface area contributed by atoms with E-state index in [0.29, 0.717) is 5.56 Å². The van der Waals surface area contributed by atoms with Crippen molar-refractivity contribution in [3.8, 4) is 0 Å². The number of anilines is 1. The molecule has 1 atom stereocenters. The van der Waals surface area contributed by atoms with Crippen LogP contribution >= 0.6 is 0 Å². The zero-order valence-electron chi connectivity index (χ0n) is 11.1. The first-order valence-corrected chi connectivity index (χ1v) is 6.73. The predicted molar refractivity (Wildman–Crippen MR) is 80.0 cm³/mol. The zero-order chi connectivity index (χ0) is 14.2. The smallest absolute Gasteiger partial charge is 0.340 e. The monoisotopic (exact) mass is 276 g/mol. The normalized spacial score (nSPS) is 16.6. The van der Waals surface area contributed by atoms with Gasteiger partial charge in [-0.05, 0) is 30.3 Å². The second-order valence-electron chi connectivity index (χ2n) is 4.89. The van der Waals surface area contributed by atoms with Gasteiger partial charge in [0, 0.05) is 22.8 Å². The van der Waals surface area contributed by atoms with Crippen LogP contribution < -0.4 is 5.32 Å². The quantitative estimate of drug-likeness (QED) is 0.728. The van der Waals surface area contributed by atoms with Crippen LogP contribution in [0.15, 0.2) is 60.8 Å². The molecule has 102 valence electrons. The Kier molecular flexibility index (Phi) is 2.60. The van der Waals surface area contributed by atoms with E-state index in [-0.39, 0.29) is 5.97 Å². The van der Waals surface area contributed by atoms with Crippen molar-refractivity contribution >= 4 is 22.6 Å². The van der Waals surface area contributed by atoms with E-state index in [4.69, 9.17) is 4.74 Å². The van der Waals surface area contributed by atoms with Crippen LogP contribution in [-0.2, 0) is 4.74 Å². The fraction of sp³-hybridized carbons (Fsp3) is 0.0588. The Morgan fingerprint density at radius 2 is 1.90 bits per heavy atom. The van der Waals surface area contributed by atoms with Crippen molar-refractivity contribution in [3.05, 3.63) is 71.9 Å². The molecule has 0 saturated carbocycles. The maximum atomic E-state index is 11.9. The molecule has 21 heavy (non-hydrogen) atoms. The van der Waals surface area contributed by atoms with Gasteiger partial charge in [0.05, 0.1) is 11.1 Å². The van der Waals surface area contributed by atoms with E-state index in [0.717, 1.165) is 22.2 Å². The second-order valence-corrected chi connectivity index (χ2v) is 4.89. The Morgan fingerprint density at radius 1 is 1.00 bits per heavy atom. The lowest BCUT2D eigenvalue weighted by Crippen LogP contribution is -2.10. The minimum absolute atomic E-state index is 0.290. The minimum Gasteiger partial charge on any atom is -0.434 e. The average Bonchev–Trinajstić information content (AvgIpc) is 2.85. The van der Waals surface area contributed by atoms with E-state index in [1.165, 1.54) is 0 Å². The number of hydrogen-bond donors (Lipinski definition) is 1. The molecular formula is C17H12N2O2. The number of carbonyl (C=O) groups excluding carboxylic acids is 1. The molecule has 0 aliphatic carbocycles. The molecule has 2 heterocycles. The lowest BCUT2D eigenvalue weighted by atomic mass is 10.1. The summed E-state index contributed by atoms with van der Waals surface area (Å²) in [6.45, 7) is 0. The third kappa shape index (κ3) is 1.92. The first-order chi connectivity index (χ1) is 10.3. The number of cyclic esters (lactones) is 1. The average molecular weight is 276 g/mol. The topological polar surface area (TPSA) is 51.2 Å². The van der Waals surface area contributed by atoms with Gasteiger partial charge in [0.2, 0.25) is 6.23 Å². The van der Waals surface area contributed by atoms with Crippen LogP contribution in [0.4, 0.5) is 5.69 Å². The lowest BCUT2D eigenvalue weighted by molar-refractivity contribution is 0.0437. The number of ether oxygens (including phenoxy) is 1. The first kappa shape index (κ1) is 11.9. The van der Waals surface area contributed by atoms with Crippen molar-refractivity contribution < 1.29 is 9.53 Å². The lowest BCUT2D eigenvalue weighted by Gasteiger charge is -2.15. The van der Waals surface area contributed by atoms with Crippen LogP contribution in [0.3, 0.4) is 0 Å². The van der Waals surface area contributed by atoms with E-state index < -0.39 is 6.23 Å². The Hall–Kier alpha value is -2.88. The number of nitrogens with one attached hydrogen (secondary N) is 1. The third-order valence-electron chi connectivity index (χ3n) is 3.62. The first-order valence-electron chi connectivity index (χ1n) is 6.73. The molecule has 0 saturated heterocycles. The van der Waals surface area contributed by atoms with Crippen LogP contribution in [0.25, 0.3) is 10.9 Å². The van der Waals surface area contributed by atoms with E-state index in [1.54, 1.807) is 12.3 Å². The molecule has 0 radical (unpaired) electrons. The third-order valence-corrected chi connectivity index (χ3v) is 3.62. The molecule has 4 nitrogen and oxygen atoms in total. The maximum absolute atomic E-state index is 11.9. The summed E-state index contributed by atoms with van der Waals surface area (Å²) in [5, 5.41) is 4.29. The van der Waals surface area contributed by atoms with Gasteiger partial charge >= 0.3 is 5.97 Å². The van der Waals surface area contributed by atoms with Gasteiger partial charge in [-0.2, -0.15) is 0 Å². The molecule has 1 unspecified atom stereocenters. The molecule has 1 aliphatic heterocycles. The van der Waals surface area contributed by atoms with Crippen LogP contribution in [0.5, 0.6) is 0 Å². The zero-order valence-corrected chi connectivity index (χ0v) is 11.1. The summed E-state index contributed by atoms with van der Waals surface area (Å²) < 4.78 is 5.41. The Bertz CT molecular complexity index is 840. The van der Waals surface area contributed by atoms with E-state index in [2.05, 4.69) is 10.3 Å². The number of rotatable bonds is 2. The molecule has 0 spiro atoms. The van der Waals surface area contributed by atoms with Crippen molar-refractivity contribution in [3.63, 3.8) is 0 Å². The van der Waals surface area contributed by atoms with Crippen molar-refractivity contribution in [1.82, 2.24) is 4.98 Å². The van der Waals surface area contributed by atoms with E-state index in [1.807, 2.05) is 48.5 Å². The molecule has 0 bridgehead atoms. The highest BCUT2D eigenvalue weighted by molar-refractivity contribution is 5.95. The van der Waals surface area contributed by atoms with Gasteiger partial charge in [0.1, 0.15) is 0 Å². The standard InChI is InChI=1S/C17H12N2O2/c20-17-12-6-2-1-5-11(12)16(21-17)19-15-9-3-8-14-13(15)7-4-10-18-14/h1-10,16,19H. The van der Waals surface area contributed by atoms with Crippen molar-refractivity contribution in [2.75, 3.05) is 5.32 Å². The Balaban J connectivity index is 1.75. The summed E-state index contributed by atoms with van der Waals surface area (Å²) in [5.41, 5.74) is 3.28. The highest BCUT2D eigenvalue weighted by Gasteiger charge is 2.30. The molecule has 0 amide bonds. The van der Waals surface area contributed by atoms with E-state index >= 15 is 0 Å². The van der Waals surface area contributed by atoms with Gasteiger partial charge in [-0.1, -0.05) is 24.3 Å². The summed E-state index contributed by atoms with van der Waals surface area (Å²) in [6, 6.07) is 17.2. The van der Waals surface area contributed by atoms with Gasteiger partial charge in [-0.15, -0.1) is 0 Å². The van der Waals surface area contributed by atoms with Gasteiger partial charge < -0.3 is 10.1 Å². The van der Waals surface area contributed by atoms with Crippen molar-refractivity contribution in [2.45, 2.75) is 6.23 Å². The fourth-order valence-corrected chi connectivity index (χ4v) is 2.62. The van der Waals surface area contributed by atoms with Crippen LogP contribution in [0.1, 0.15) is 22.1 Å². The van der Waals surface area contributed by atoms with Crippen LogP contribution in [-0.4, -0.2) is 11.0 Å². The van der Waals surface area contributed by atoms with Crippen LogP contribution in [0, 0.1) is 0 Å². The van der Waals surface area contributed by atoms with Gasteiger partial charge in [0.15, 0.2) is 0 Å². The number of esters is 1. The maximum Gasteiger partial charge on any atom is 0.340 e. The number of pyridine rings is 1. The predicted octanol–water partition coefficient (Wildman–Crippen LogP) is 3.52. The fourth-order valence-electron chi connectivity index (χ4n) is 2.62. The molecule has 1 N–H and O–H groups in total. The number of fused-ring (bicyclic) bond motifs is 2. The Morgan fingerprint density at radius 3 is 2.86 bits per heavy atom. The summed E-state index contributed by atoms with van der Waals surface area (Å²) in [6.07, 6.45) is 1.30. The summed E-state index contributed by atoms with van der Waals surface area (Å²) in [7, 11) is 0. The summed E-state index contributed by atoms with van der Waals surface area (Å²) in [5.74, 6) is -0.290. The molecule has 4 rings (SSSR count). The largest absolute Gasteiger partial charge is 0.434 e. The van der Waals surface area contributed by atoms with Crippen LogP contribution in [0.2, 0.25) is 0 Å². The van der Waals surface area contributed by atoms with Gasteiger partial charge in [0.25, 0.3) is 0 Å². The number of carbonyl (C=O) groups is 1. The number of hydrogen-bond acceptors (Lipinski definition) is 4. The molecule has 4 heteroatoms. The molecule has 2 aromatic carbocycles. The van der Waals surface area contributed by atoms with E-state index in [9.17, 15) is 4.79 Å². The molecule has 1 aromatic heterocycles. The summed E-state index contributed by atoms with van der Waals surface area (Å²) in [4.78, 5) is 16.2. The molecular weight excluding hydrogens is 264 g/mol. The second kappa shape index (κ2) is 4.59. The number of benzene rings is 2. The molecule has 1 aliphatic rings. The van der Waals surface area contributed by atoms with Crippen molar-refractivity contribution in [1.29, 1.82) is 0 Å². The molecule has 3 aromatic rings. The highest BCUT2D eigenvalue weighted by Crippen LogP contribution is 2.33. The highest BCUT2D eigenvalue weighted by atomic mass is 16.6. The summed E-state index contributed by atoms with van der Waals surface area (Å²) >= 11 is 0. The SMILES string of the molecule is O=C1OC(Nc2cccc3ncccc23)c2ccccc21. The Labute approximate surface area is 121 Å². The van der Waals surface area contributed by atoms with Gasteiger partial charge in [-0.25, -0.2) is 4.79 Å². The molecule has 0 fully saturated rings. The minimum atomic E-state index is -0.459.